The van der Waals surface area contributed by atoms with Gasteiger partial charge in [-0.1, -0.05) is 29.8 Å². The number of aromatic nitrogens is 2. The molecule has 9 heteroatoms. The lowest BCUT2D eigenvalue weighted by Gasteiger charge is -2.09. The molecule has 24 heavy (non-hydrogen) atoms. The van der Waals surface area contributed by atoms with Crippen molar-refractivity contribution in [1.82, 2.24) is 9.97 Å². The van der Waals surface area contributed by atoms with Gasteiger partial charge in [0.2, 0.25) is 5.15 Å². The first-order valence-electron chi connectivity index (χ1n) is 6.75. The van der Waals surface area contributed by atoms with Gasteiger partial charge in [0.25, 0.3) is 0 Å². The maximum atomic E-state index is 12.6. The van der Waals surface area contributed by atoms with Crippen LogP contribution in [0.2, 0.25) is 5.15 Å². The molecule has 1 aromatic carbocycles. The highest BCUT2D eigenvalue weighted by atomic mass is 35.5. The van der Waals surface area contributed by atoms with Gasteiger partial charge in [-0.15, -0.1) is 0 Å². The molecule has 3 rings (SSSR count). The number of hydrogen-bond donors (Lipinski definition) is 0. The molecule has 2 heterocycles. The Labute approximate surface area is 142 Å². The largest absolute Gasteiger partial charge is 0.311 e. The minimum atomic E-state index is -3.80. The highest BCUT2D eigenvalue weighted by Crippen LogP contribution is 2.34. The van der Waals surface area contributed by atoms with Gasteiger partial charge in [-0.25, -0.2) is 18.4 Å². The van der Waals surface area contributed by atoms with Crippen LogP contribution in [0.4, 0.5) is 5.69 Å². The molecule has 0 atom stereocenters. The van der Waals surface area contributed by atoms with Crippen LogP contribution in [0.15, 0.2) is 53.6 Å². The zero-order valence-corrected chi connectivity index (χ0v) is 13.7. The van der Waals surface area contributed by atoms with Crippen LogP contribution in [-0.2, 0) is 15.6 Å². The molecule has 7 nitrogen and oxygen atoms in total. The molecule has 0 amide bonds. The van der Waals surface area contributed by atoms with Crippen LogP contribution in [0.5, 0.6) is 0 Å². The maximum Gasteiger partial charge on any atom is 0.311 e. The Morgan fingerprint density at radius 1 is 1.12 bits per heavy atom. The Morgan fingerprint density at radius 3 is 2.50 bits per heavy atom. The highest BCUT2D eigenvalue weighted by molar-refractivity contribution is 7.90. The Morgan fingerprint density at radius 2 is 1.83 bits per heavy atom. The fourth-order valence-electron chi connectivity index (χ4n) is 2.35. The van der Waals surface area contributed by atoms with Gasteiger partial charge >= 0.3 is 5.69 Å². The molecule has 0 radical (unpaired) electrons. The second-order valence-corrected chi connectivity index (χ2v) is 7.28. The van der Waals surface area contributed by atoms with E-state index >= 15 is 0 Å². The van der Waals surface area contributed by atoms with Gasteiger partial charge in [0.15, 0.2) is 15.5 Å². The Bertz CT molecular complexity index is 1040. The summed E-state index contributed by atoms with van der Waals surface area (Å²) in [5, 5.41) is 11.3. The third kappa shape index (κ3) is 2.93. The van der Waals surface area contributed by atoms with Gasteiger partial charge in [0, 0.05) is 11.6 Å². The van der Waals surface area contributed by atoms with Crippen LogP contribution >= 0.6 is 11.6 Å². The number of pyridine rings is 2. The van der Waals surface area contributed by atoms with Gasteiger partial charge in [0.05, 0.1) is 21.1 Å². The quantitative estimate of drug-likeness (QED) is 0.400. The fraction of sp³-hybridized carbons (Fsp3) is 0.0667. The average molecular weight is 364 g/mol. The van der Waals surface area contributed by atoms with E-state index in [0.717, 1.165) is 0 Å². The lowest BCUT2D eigenvalue weighted by atomic mass is 10.1. The van der Waals surface area contributed by atoms with Gasteiger partial charge in [0.1, 0.15) is 0 Å². The van der Waals surface area contributed by atoms with Crippen LogP contribution < -0.4 is 0 Å². The first-order chi connectivity index (χ1) is 11.4. The molecule has 0 N–H and O–H groups in total. The maximum absolute atomic E-state index is 12.6. The van der Waals surface area contributed by atoms with Crippen molar-refractivity contribution in [1.29, 1.82) is 0 Å². The van der Waals surface area contributed by atoms with E-state index in [9.17, 15) is 18.5 Å². The highest BCUT2D eigenvalue weighted by Gasteiger charge is 2.28. The van der Waals surface area contributed by atoms with E-state index < -0.39 is 26.2 Å². The van der Waals surface area contributed by atoms with Crippen molar-refractivity contribution >= 4 is 38.2 Å². The number of benzene rings is 1. The summed E-state index contributed by atoms with van der Waals surface area (Å²) in [6, 6.07) is 10.8. The van der Waals surface area contributed by atoms with E-state index in [0.29, 0.717) is 0 Å². The van der Waals surface area contributed by atoms with Crippen LogP contribution in [0.25, 0.3) is 11.0 Å². The van der Waals surface area contributed by atoms with Crippen molar-refractivity contribution in [3.05, 3.63) is 69.5 Å². The predicted molar refractivity (Wildman–Crippen MR) is 88.5 cm³/mol. The lowest BCUT2D eigenvalue weighted by molar-refractivity contribution is -0.385. The van der Waals surface area contributed by atoms with Crippen molar-refractivity contribution < 1.29 is 13.3 Å². The second kappa shape index (κ2) is 6.14. The molecule has 2 aromatic heterocycles. The number of hydrogen-bond acceptors (Lipinski definition) is 6. The fourth-order valence-corrected chi connectivity index (χ4v) is 4.03. The number of sulfone groups is 1. The molecule has 0 aliphatic carbocycles. The molecule has 0 unspecified atom stereocenters. The average Bonchev–Trinajstić information content (AvgIpc) is 2.55. The monoisotopic (exact) mass is 363 g/mol. The third-order valence-electron chi connectivity index (χ3n) is 3.42. The van der Waals surface area contributed by atoms with Gasteiger partial charge in [-0.3, -0.25) is 10.1 Å². The van der Waals surface area contributed by atoms with E-state index in [2.05, 4.69) is 9.97 Å². The van der Waals surface area contributed by atoms with Crippen molar-refractivity contribution in [2.24, 2.45) is 0 Å². The molecular weight excluding hydrogens is 354 g/mol. The van der Waals surface area contributed by atoms with Crippen LogP contribution in [0.1, 0.15) is 5.56 Å². The Kier molecular flexibility index (Phi) is 4.16. The summed E-state index contributed by atoms with van der Waals surface area (Å²) in [7, 11) is -3.80. The summed E-state index contributed by atoms with van der Waals surface area (Å²) < 4.78 is 25.2. The summed E-state index contributed by atoms with van der Waals surface area (Å²) >= 11 is 5.89. The number of nitrogens with zero attached hydrogens (tertiary/aromatic N) is 3. The zero-order chi connectivity index (χ0) is 17.3. The molecule has 0 saturated heterocycles. The molecule has 0 bridgehead atoms. The summed E-state index contributed by atoms with van der Waals surface area (Å²) in [5.74, 6) is -0.572. The van der Waals surface area contributed by atoms with Gasteiger partial charge in [-0.05, 0) is 24.3 Å². The second-order valence-electron chi connectivity index (χ2n) is 4.93. The summed E-state index contributed by atoms with van der Waals surface area (Å²) in [4.78, 5) is 18.6. The standard InChI is InChI=1S/C15H10ClN3O4S/c16-14-13(19(20)21)12(11-7-4-8-17-15(11)18-14)9-24(22,23)10-5-2-1-3-6-10/h1-8H,9H2. The minimum Gasteiger partial charge on any atom is -0.258 e. The van der Waals surface area contributed by atoms with Crippen molar-refractivity contribution in [2.75, 3.05) is 0 Å². The molecule has 0 spiro atoms. The smallest absolute Gasteiger partial charge is 0.258 e. The normalized spacial score (nSPS) is 11.5. The SMILES string of the molecule is O=[N+]([O-])c1c(Cl)nc2ncccc2c1CS(=O)(=O)c1ccccc1. The van der Waals surface area contributed by atoms with E-state index in [1.165, 1.54) is 24.4 Å². The number of halogens is 1. The van der Waals surface area contributed by atoms with E-state index in [-0.39, 0.29) is 26.6 Å². The summed E-state index contributed by atoms with van der Waals surface area (Å²) in [5.41, 5.74) is -0.380. The van der Waals surface area contributed by atoms with Gasteiger partial charge in [-0.2, -0.15) is 0 Å². The molecular formula is C15H10ClN3O4S. The van der Waals surface area contributed by atoms with E-state index in [1.54, 1.807) is 24.3 Å². The number of nitro groups is 1. The lowest BCUT2D eigenvalue weighted by Crippen LogP contribution is -2.09. The zero-order valence-electron chi connectivity index (χ0n) is 12.1. The first kappa shape index (κ1) is 16.3. The van der Waals surface area contributed by atoms with E-state index in [4.69, 9.17) is 11.6 Å². The van der Waals surface area contributed by atoms with Crippen LogP contribution in [0, 0.1) is 10.1 Å². The molecule has 0 aliphatic heterocycles. The van der Waals surface area contributed by atoms with Crippen LogP contribution in [0.3, 0.4) is 0 Å². The summed E-state index contributed by atoms with van der Waals surface area (Å²) in [6.07, 6.45) is 1.45. The van der Waals surface area contributed by atoms with Crippen molar-refractivity contribution in [3.8, 4) is 0 Å². The molecule has 3 aromatic rings. The number of fused-ring (bicyclic) bond motifs is 1. The Hall–Kier alpha value is -2.58. The van der Waals surface area contributed by atoms with Crippen LogP contribution in [-0.4, -0.2) is 23.3 Å². The third-order valence-corrected chi connectivity index (χ3v) is 5.34. The minimum absolute atomic E-state index is 0.0213. The number of rotatable bonds is 4. The molecule has 0 fully saturated rings. The van der Waals surface area contributed by atoms with Crippen molar-refractivity contribution in [3.63, 3.8) is 0 Å². The van der Waals surface area contributed by atoms with E-state index in [1.807, 2.05) is 0 Å². The van der Waals surface area contributed by atoms with Gasteiger partial charge < -0.3 is 0 Å². The summed E-state index contributed by atoms with van der Waals surface area (Å²) in [6.45, 7) is 0. The molecule has 122 valence electrons. The Balaban J connectivity index is 2.25. The molecule has 0 saturated carbocycles. The first-order valence-corrected chi connectivity index (χ1v) is 8.78. The van der Waals surface area contributed by atoms with Crippen molar-refractivity contribution in [2.45, 2.75) is 10.6 Å². The predicted octanol–water partition coefficient (Wildman–Crippen LogP) is 3.17. The topological polar surface area (TPSA) is 103 Å². The molecule has 0 aliphatic rings.